The number of hydrogen-bond acceptors (Lipinski definition) is 3. The lowest BCUT2D eigenvalue weighted by atomic mass is 10.0. The maximum absolute atomic E-state index is 5.95. The summed E-state index contributed by atoms with van der Waals surface area (Å²) in [4.78, 5) is 11.8. The molecule has 84 valence electrons. The van der Waals surface area contributed by atoms with Gasteiger partial charge in [-0.2, -0.15) is 0 Å². The number of nitrogens with one attached hydrogen (secondary N) is 1. The molecular weight excluding hydrogens is 200 g/mol. The molecule has 2 aromatic rings. The van der Waals surface area contributed by atoms with Crippen molar-refractivity contribution in [2.75, 3.05) is 0 Å². The number of nitrogens with zero attached hydrogens (tertiary/aromatic N) is 2. The smallest absolute Gasteiger partial charge is 0.130 e. The van der Waals surface area contributed by atoms with Gasteiger partial charge in [-0.25, -0.2) is 9.97 Å². The minimum atomic E-state index is -0.283. The van der Waals surface area contributed by atoms with Crippen molar-refractivity contribution in [3.63, 3.8) is 0 Å². The number of rotatable bonds is 3. The zero-order valence-corrected chi connectivity index (χ0v) is 9.57. The van der Waals surface area contributed by atoms with Crippen LogP contribution in [0.15, 0.2) is 30.6 Å². The van der Waals surface area contributed by atoms with Crippen LogP contribution in [0.2, 0.25) is 0 Å². The van der Waals surface area contributed by atoms with E-state index >= 15 is 0 Å². The molecule has 3 N–H and O–H groups in total. The van der Waals surface area contributed by atoms with E-state index in [-0.39, 0.29) is 5.54 Å². The molecule has 0 aromatic carbocycles. The lowest BCUT2D eigenvalue weighted by molar-refractivity contribution is 0.502. The van der Waals surface area contributed by atoms with Crippen LogP contribution in [-0.2, 0) is 6.42 Å². The Labute approximate surface area is 94.9 Å². The largest absolute Gasteiger partial charge is 0.360 e. The molecule has 0 bridgehead atoms. The summed E-state index contributed by atoms with van der Waals surface area (Å²) < 4.78 is 0. The van der Waals surface area contributed by atoms with Gasteiger partial charge in [-0.1, -0.05) is 0 Å². The summed E-state index contributed by atoms with van der Waals surface area (Å²) in [5.41, 5.74) is 7.57. The second-order valence-corrected chi connectivity index (χ2v) is 4.61. The topological polar surface area (TPSA) is 67.6 Å². The standard InChI is InChI=1S/C12H16N4/c1-12(2,13)8-11-15-7-5-10(16-11)9-4-3-6-14-9/h3-7,14H,8,13H2,1-2H3. The third kappa shape index (κ3) is 2.67. The quantitative estimate of drug-likeness (QED) is 0.821. The molecule has 0 aliphatic heterocycles. The van der Waals surface area contributed by atoms with Crippen molar-refractivity contribution in [3.05, 3.63) is 36.4 Å². The average molecular weight is 216 g/mol. The van der Waals surface area contributed by atoms with Crippen LogP contribution in [0, 0.1) is 0 Å². The number of aromatic amines is 1. The Morgan fingerprint density at radius 3 is 2.81 bits per heavy atom. The highest BCUT2D eigenvalue weighted by molar-refractivity contribution is 5.53. The molecule has 0 amide bonds. The summed E-state index contributed by atoms with van der Waals surface area (Å²) in [5, 5.41) is 0. The van der Waals surface area contributed by atoms with Crippen LogP contribution in [-0.4, -0.2) is 20.5 Å². The molecule has 0 saturated carbocycles. The van der Waals surface area contributed by atoms with Gasteiger partial charge in [-0.15, -0.1) is 0 Å². The van der Waals surface area contributed by atoms with Gasteiger partial charge in [0, 0.05) is 24.4 Å². The minimum Gasteiger partial charge on any atom is -0.360 e. The van der Waals surface area contributed by atoms with E-state index in [1.807, 2.05) is 38.2 Å². The zero-order valence-electron chi connectivity index (χ0n) is 9.57. The Balaban J connectivity index is 2.27. The highest BCUT2D eigenvalue weighted by atomic mass is 14.9. The molecule has 0 spiro atoms. The molecule has 0 radical (unpaired) electrons. The Bertz CT molecular complexity index is 454. The fraction of sp³-hybridized carbons (Fsp3) is 0.333. The second kappa shape index (κ2) is 4.06. The van der Waals surface area contributed by atoms with Crippen LogP contribution >= 0.6 is 0 Å². The van der Waals surface area contributed by atoms with Crippen LogP contribution in [0.3, 0.4) is 0 Å². The maximum atomic E-state index is 5.95. The van der Waals surface area contributed by atoms with Crippen molar-refractivity contribution in [2.24, 2.45) is 5.73 Å². The Hall–Kier alpha value is -1.68. The predicted octanol–water partition coefficient (Wildman–Crippen LogP) is 1.75. The lowest BCUT2D eigenvalue weighted by Gasteiger charge is -2.16. The van der Waals surface area contributed by atoms with Gasteiger partial charge in [0.1, 0.15) is 5.82 Å². The molecule has 0 saturated heterocycles. The van der Waals surface area contributed by atoms with E-state index < -0.39 is 0 Å². The summed E-state index contributed by atoms with van der Waals surface area (Å²) in [6, 6.07) is 5.82. The average Bonchev–Trinajstić information content (AvgIpc) is 2.68. The molecule has 0 unspecified atom stereocenters. The van der Waals surface area contributed by atoms with E-state index in [1.54, 1.807) is 6.20 Å². The summed E-state index contributed by atoms with van der Waals surface area (Å²) >= 11 is 0. The van der Waals surface area contributed by atoms with Gasteiger partial charge in [0.15, 0.2) is 0 Å². The highest BCUT2D eigenvalue weighted by Crippen LogP contribution is 2.14. The normalized spacial score (nSPS) is 11.7. The Kier molecular flexibility index (Phi) is 2.75. The van der Waals surface area contributed by atoms with Gasteiger partial charge in [0.2, 0.25) is 0 Å². The van der Waals surface area contributed by atoms with Crippen LogP contribution in [0.5, 0.6) is 0 Å². The molecule has 0 fully saturated rings. The van der Waals surface area contributed by atoms with Crippen LogP contribution in [0.25, 0.3) is 11.4 Å². The van der Waals surface area contributed by atoms with E-state index in [1.165, 1.54) is 0 Å². The van der Waals surface area contributed by atoms with Crippen molar-refractivity contribution in [3.8, 4) is 11.4 Å². The first kappa shape index (κ1) is 10.8. The van der Waals surface area contributed by atoms with E-state index in [0.29, 0.717) is 6.42 Å². The van der Waals surface area contributed by atoms with E-state index in [0.717, 1.165) is 17.2 Å². The minimum absolute atomic E-state index is 0.283. The van der Waals surface area contributed by atoms with Crippen LogP contribution in [0.1, 0.15) is 19.7 Å². The van der Waals surface area contributed by atoms with Gasteiger partial charge in [0.05, 0.1) is 11.4 Å². The molecule has 0 aliphatic carbocycles. The SMILES string of the molecule is CC(C)(N)Cc1nccc(-c2ccc[nH]2)n1. The summed E-state index contributed by atoms with van der Waals surface area (Å²) in [7, 11) is 0. The maximum Gasteiger partial charge on any atom is 0.130 e. The Morgan fingerprint density at radius 2 is 2.19 bits per heavy atom. The van der Waals surface area contributed by atoms with Crippen LogP contribution in [0.4, 0.5) is 0 Å². The number of nitrogens with two attached hydrogens (primary N) is 1. The zero-order chi connectivity index (χ0) is 11.6. The van der Waals surface area contributed by atoms with Crippen molar-refractivity contribution in [1.29, 1.82) is 0 Å². The molecular formula is C12H16N4. The fourth-order valence-corrected chi connectivity index (χ4v) is 1.53. The third-order valence-corrected chi connectivity index (χ3v) is 2.19. The molecule has 4 heteroatoms. The van der Waals surface area contributed by atoms with E-state index in [2.05, 4.69) is 15.0 Å². The first-order valence-electron chi connectivity index (χ1n) is 5.29. The molecule has 0 aliphatic rings. The predicted molar refractivity (Wildman–Crippen MR) is 63.8 cm³/mol. The molecule has 2 aromatic heterocycles. The van der Waals surface area contributed by atoms with Crippen molar-refractivity contribution >= 4 is 0 Å². The summed E-state index contributed by atoms with van der Waals surface area (Å²) in [6.45, 7) is 3.94. The van der Waals surface area contributed by atoms with Crippen molar-refractivity contribution < 1.29 is 0 Å². The second-order valence-electron chi connectivity index (χ2n) is 4.61. The van der Waals surface area contributed by atoms with Crippen molar-refractivity contribution in [1.82, 2.24) is 15.0 Å². The number of aromatic nitrogens is 3. The molecule has 0 atom stereocenters. The van der Waals surface area contributed by atoms with Crippen LogP contribution < -0.4 is 5.73 Å². The Morgan fingerprint density at radius 1 is 1.38 bits per heavy atom. The highest BCUT2D eigenvalue weighted by Gasteiger charge is 2.14. The number of H-pyrrole nitrogens is 1. The first-order valence-corrected chi connectivity index (χ1v) is 5.29. The summed E-state index contributed by atoms with van der Waals surface area (Å²) in [5.74, 6) is 0.777. The third-order valence-electron chi connectivity index (χ3n) is 2.19. The van der Waals surface area contributed by atoms with Gasteiger partial charge in [-0.05, 0) is 32.0 Å². The monoisotopic (exact) mass is 216 g/mol. The van der Waals surface area contributed by atoms with Gasteiger partial charge in [-0.3, -0.25) is 0 Å². The first-order chi connectivity index (χ1) is 7.54. The lowest BCUT2D eigenvalue weighted by Crippen LogP contribution is -2.35. The molecule has 4 nitrogen and oxygen atoms in total. The fourth-order valence-electron chi connectivity index (χ4n) is 1.53. The molecule has 2 heterocycles. The number of hydrogen-bond donors (Lipinski definition) is 2. The van der Waals surface area contributed by atoms with E-state index in [9.17, 15) is 0 Å². The van der Waals surface area contributed by atoms with E-state index in [4.69, 9.17) is 5.73 Å². The van der Waals surface area contributed by atoms with Crippen molar-refractivity contribution in [2.45, 2.75) is 25.8 Å². The van der Waals surface area contributed by atoms with Gasteiger partial charge >= 0.3 is 0 Å². The summed E-state index contributed by atoms with van der Waals surface area (Å²) in [6.07, 6.45) is 4.32. The van der Waals surface area contributed by atoms with Gasteiger partial charge < -0.3 is 10.7 Å². The molecule has 2 rings (SSSR count). The van der Waals surface area contributed by atoms with Gasteiger partial charge in [0.25, 0.3) is 0 Å². The molecule has 16 heavy (non-hydrogen) atoms.